The van der Waals surface area contributed by atoms with Crippen molar-refractivity contribution in [3.63, 3.8) is 0 Å². The van der Waals surface area contributed by atoms with Gasteiger partial charge in [0.15, 0.2) is 5.69 Å². The van der Waals surface area contributed by atoms with Crippen molar-refractivity contribution in [2.75, 3.05) is 32.9 Å². The third-order valence-corrected chi connectivity index (χ3v) is 3.82. The van der Waals surface area contributed by atoms with Crippen molar-refractivity contribution in [1.29, 1.82) is 0 Å². The minimum atomic E-state index is -0.0283. The summed E-state index contributed by atoms with van der Waals surface area (Å²) in [7, 11) is 1.85. The number of nitrogens with zero attached hydrogens (tertiary/aromatic N) is 4. The van der Waals surface area contributed by atoms with Gasteiger partial charge in [-0.15, -0.1) is 0 Å². The van der Waals surface area contributed by atoms with Gasteiger partial charge in [-0.1, -0.05) is 18.2 Å². The monoisotopic (exact) mass is 274 g/mol. The fourth-order valence-electron chi connectivity index (χ4n) is 2.61. The maximum atomic E-state index is 12.6. The van der Waals surface area contributed by atoms with E-state index < -0.39 is 0 Å². The van der Waals surface area contributed by atoms with Gasteiger partial charge in [-0.2, -0.15) is 5.10 Å². The molecule has 0 saturated carbocycles. The lowest BCUT2D eigenvalue weighted by atomic mass is 10.2. The van der Waals surface area contributed by atoms with Crippen LogP contribution in [0.4, 0.5) is 0 Å². The van der Waals surface area contributed by atoms with Crippen molar-refractivity contribution in [3.8, 4) is 0 Å². The molecule has 0 atom stereocenters. The topological polar surface area (TPSA) is 61.6 Å². The standard InChI is InChI=1S/C14H18N4O2/c1-16-12-5-3-2-4-11(12)13(15-16)14(20)18-8-6-17(10-19)7-9-18/h2-5,19H,6-10H2,1H3. The Morgan fingerprint density at radius 3 is 2.65 bits per heavy atom. The average molecular weight is 274 g/mol. The molecular formula is C14H18N4O2. The number of aliphatic hydroxyl groups is 1. The highest BCUT2D eigenvalue weighted by Gasteiger charge is 2.25. The van der Waals surface area contributed by atoms with E-state index in [1.165, 1.54) is 0 Å². The summed E-state index contributed by atoms with van der Waals surface area (Å²) in [5.41, 5.74) is 1.48. The summed E-state index contributed by atoms with van der Waals surface area (Å²) in [6.07, 6.45) is 0. The Kier molecular flexibility index (Phi) is 3.42. The molecule has 0 unspecified atom stereocenters. The van der Waals surface area contributed by atoms with Crippen LogP contribution in [-0.4, -0.2) is 63.5 Å². The Labute approximate surface area is 117 Å². The second kappa shape index (κ2) is 5.22. The lowest BCUT2D eigenvalue weighted by Crippen LogP contribution is -2.48. The first-order chi connectivity index (χ1) is 9.70. The van der Waals surface area contributed by atoms with E-state index in [9.17, 15) is 4.79 Å². The number of hydrogen-bond donors (Lipinski definition) is 1. The molecule has 0 radical (unpaired) electrons. The Morgan fingerprint density at radius 2 is 1.95 bits per heavy atom. The summed E-state index contributed by atoms with van der Waals surface area (Å²) in [6.45, 7) is 2.71. The Morgan fingerprint density at radius 1 is 1.25 bits per heavy atom. The SMILES string of the molecule is Cn1nc(C(=O)N2CCN(CO)CC2)c2ccccc21. The van der Waals surface area contributed by atoms with E-state index in [0.717, 1.165) is 10.9 Å². The van der Waals surface area contributed by atoms with Gasteiger partial charge >= 0.3 is 0 Å². The van der Waals surface area contributed by atoms with Gasteiger partial charge in [-0.05, 0) is 6.07 Å². The molecule has 1 aliphatic rings. The van der Waals surface area contributed by atoms with Gasteiger partial charge in [-0.25, -0.2) is 0 Å². The minimum absolute atomic E-state index is 0.0283. The van der Waals surface area contributed by atoms with Crippen molar-refractivity contribution >= 4 is 16.8 Å². The summed E-state index contributed by atoms with van der Waals surface area (Å²) >= 11 is 0. The lowest BCUT2D eigenvalue weighted by Gasteiger charge is -2.33. The van der Waals surface area contributed by atoms with E-state index in [-0.39, 0.29) is 12.6 Å². The zero-order valence-electron chi connectivity index (χ0n) is 11.5. The molecule has 0 spiro atoms. The van der Waals surface area contributed by atoms with Gasteiger partial charge in [0.2, 0.25) is 0 Å². The number of fused-ring (bicyclic) bond motifs is 1. The summed E-state index contributed by atoms with van der Waals surface area (Å²) in [5.74, 6) is -0.0283. The van der Waals surface area contributed by atoms with Gasteiger partial charge in [0.1, 0.15) is 0 Å². The number of aliphatic hydroxyl groups excluding tert-OH is 1. The third-order valence-electron chi connectivity index (χ3n) is 3.82. The maximum absolute atomic E-state index is 12.6. The Balaban J connectivity index is 1.86. The predicted molar refractivity (Wildman–Crippen MR) is 75.3 cm³/mol. The molecule has 6 nitrogen and oxygen atoms in total. The molecule has 1 fully saturated rings. The molecule has 1 aliphatic heterocycles. The van der Waals surface area contributed by atoms with Crippen molar-refractivity contribution in [2.45, 2.75) is 0 Å². The minimum Gasteiger partial charge on any atom is -0.381 e. The lowest BCUT2D eigenvalue weighted by molar-refractivity contribution is 0.0420. The van der Waals surface area contributed by atoms with Gasteiger partial charge in [0.25, 0.3) is 5.91 Å². The van der Waals surface area contributed by atoms with Crippen LogP contribution in [-0.2, 0) is 7.05 Å². The molecule has 1 N–H and O–H groups in total. The van der Waals surface area contributed by atoms with E-state index in [1.54, 1.807) is 9.58 Å². The van der Waals surface area contributed by atoms with Crippen LogP contribution in [0.25, 0.3) is 10.9 Å². The Bertz CT molecular complexity index is 629. The first kappa shape index (κ1) is 13.1. The molecule has 6 heteroatoms. The highest BCUT2D eigenvalue weighted by Crippen LogP contribution is 2.19. The number of rotatable bonds is 2. The molecule has 1 saturated heterocycles. The number of amides is 1. The maximum Gasteiger partial charge on any atom is 0.275 e. The van der Waals surface area contributed by atoms with Crippen molar-refractivity contribution in [3.05, 3.63) is 30.0 Å². The average Bonchev–Trinajstić information content (AvgIpc) is 2.84. The van der Waals surface area contributed by atoms with Crippen LogP contribution in [0, 0.1) is 0 Å². The van der Waals surface area contributed by atoms with Crippen LogP contribution in [0.3, 0.4) is 0 Å². The number of aryl methyl sites for hydroxylation is 1. The van der Waals surface area contributed by atoms with E-state index in [0.29, 0.717) is 31.9 Å². The van der Waals surface area contributed by atoms with Gasteiger partial charge in [-0.3, -0.25) is 14.4 Å². The van der Waals surface area contributed by atoms with Gasteiger partial charge < -0.3 is 10.0 Å². The highest BCUT2D eigenvalue weighted by atomic mass is 16.3. The molecule has 1 aromatic heterocycles. The molecular weight excluding hydrogens is 256 g/mol. The van der Waals surface area contributed by atoms with E-state index in [4.69, 9.17) is 5.11 Å². The second-order valence-corrected chi connectivity index (χ2v) is 5.04. The van der Waals surface area contributed by atoms with Crippen LogP contribution >= 0.6 is 0 Å². The summed E-state index contributed by atoms with van der Waals surface area (Å²) < 4.78 is 1.74. The van der Waals surface area contributed by atoms with E-state index in [2.05, 4.69) is 5.10 Å². The van der Waals surface area contributed by atoms with Crippen LogP contribution < -0.4 is 0 Å². The van der Waals surface area contributed by atoms with Crippen LogP contribution in [0.2, 0.25) is 0 Å². The predicted octanol–water partition coefficient (Wildman–Crippen LogP) is 0.281. The van der Waals surface area contributed by atoms with Gasteiger partial charge in [0, 0.05) is 38.6 Å². The second-order valence-electron chi connectivity index (χ2n) is 5.04. The molecule has 1 aromatic carbocycles. The summed E-state index contributed by atoms with van der Waals surface area (Å²) in [4.78, 5) is 16.3. The normalized spacial score (nSPS) is 16.8. The number of hydrogen-bond acceptors (Lipinski definition) is 4. The molecule has 1 amide bonds. The smallest absolute Gasteiger partial charge is 0.275 e. The van der Waals surface area contributed by atoms with Crippen molar-refractivity contribution in [2.24, 2.45) is 7.05 Å². The number of carbonyl (C=O) groups excluding carboxylic acids is 1. The van der Waals surface area contributed by atoms with Gasteiger partial charge in [0.05, 0.1) is 12.2 Å². The molecule has 2 aromatic rings. The van der Waals surface area contributed by atoms with Crippen LogP contribution in [0.5, 0.6) is 0 Å². The molecule has 3 rings (SSSR count). The third kappa shape index (κ3) is 2.17. The number of piperazine rings is 1. The fourth-order valence-corrected chi connectivity index (χ4v) is 2.61. The van der Waals surface area contributed by atoms with E-state index in [1.807, 2.05) is 36.2 Å². The number of carbonyl (C=O) groups is 1. The summed E-state index contributed by atoms with van der Waals surface area (Å²) in [5, 5.41) is 14.3. The number of para-hydroxylation sites is 1. The zero-order valence-corrected chi connectivity index (χ0v) is 11.5. The molecule has 2 heterocycles. The van der Waals surface area contributed by atoms with E-state index >= 15 is 0 Å². The van der Waals surface area contributed by atoms with Crippen LogP contribution in [0.1, 0.15) is 10.5 Å². The number of benzene rings is 1. The van der Waals surface area contributed by atoms with Crippen LogP contribution in [0.15, 0.2) is 24.3 Å². The van der Waals surface area contributed by atoms with Crippen molar-refractivity contribution < 1.29 is 9.90 Å². The fraction of sp³-hybridized carbons (Fsp3) is 0.429. The zero-order chi connectivity index (χ0) is 14.1. The number of aromatic nitrogens is 2. The molecule has 0 aliphatic carbocycles. The quantitative estimate of drug-likeness (QED) is 0.854. The Hall–Kier alpha value is -1.92. The molecule has 0 bridgehead atoms. The molecule has 106 valence electrons. The van der Waals surface area contributed by atoms with Crippen molar-refractivity contribution in [1.82, 2.24) is 19.6 Å². The first-order valence-corrected chi connectivity index (χ1v) is 6.75. The highest BCUT2D eigenvalue weighted by molar-refractivity contribution is 6.04. The summed E-state index contributed by atoms with van der Waals surface area (Å²) in [6, 6.07) is 7.76. The first-order valence-electron chi connectivity index (χ1n) is 6.75. The molecule has 20 heavy (non-hydrogen) atoms. The largest absolute Gasteiger partial charge is 0.381 e.